The van der Waals surface area contributed by atoms with Crippen molar-refractivity contribution in [3.63, 3.8) is 0 Å². The average molecular weight is 807 g/mol. The summed E-state index contributed by atoms with van der Waals surface area (Å²) in [6.07, 6.45) is 0. The Morgan fingerprint density at radius 1 is 0.323 bits per heavy atom. The van der Waals surface area contributed by atoms with Gasteiger partial charge in [0.25, 0.3) is 0 Å². The predicted molar refractivity (Wildman–Crippen MR) is 259 cm³/mol. The second-order valence-electron chi connectivity index (χ2n) is 16.0. The molecule has 1 aliphatic rings. The molecule has 12 rings (SSSR count). The molecule has 9 aromatic carbocycles. The van der Waals surface area contributed by atoms with Crippen molar-refractivity contribution in [2.75, 3.05) is 0 Å². The lowest BCUT2D eigenvalue weighted by molar-refractivity contribution is 0.768. The molecule has 0 unspecified atom stereocenters. The third-order valence-electron chi connectivity index (χ3n) is 12.6. The van der Waals surface area contributed by atoms with Gasteiger partial charge in [-0.05, 0) is 74.3 Å². The van der Waals surface area contributed by atoms with Gasteiger partial charge >= 0.3 is 0 Å². The smallest absolute Gasteiger partial charge is 0.160 e. The van der Waals surface area contributed by atoms with Crippen molar-refractivity contribution >= 4 is 31.5 Å². The Kier molecular flexibility index (Phi) is 8.62. The zero-order valence-electron chi connectivity index (χ0n) is 33.7. The Morgan fingerprint density at radius 3 is 1.65 bits per heavy atom. The normalized spacial score (nSPS) is 12.6. The number of hydrogen-bond acceptors (Lipinski definition) is 3. The predicted octanol–water partition coefficient (Wildman–Crippen LogP) is 15.5. The second kappa shape index (κ2) is 14.8. The summed E-state index contributed by atoms with van der Waals surface area (Å²) in [6.45, 7) is 0. The highest BCUT2D eigenvalue weighted by Crippen LogP contribution is 2.57. The van der Waals surface area contributed by atoms with E-state index in [0.717, 1.165) is 39.2 Å². The van der Waals surface area contributed by atoms with Crippen molar-refractivity contribution in [1.82, 2.24) is 9.97 Å². The molecule has 11 aromatic rings. The van der Waals surface area contributed by atoms with Crippen LogP contribution in [0.25, 0.3) is 87.5 Å². The molecule has 2 aromatic heterocycles. The molecule has 0 amide bonds. The first-order chi connectivity index (χ1) is 30.7. The maximum Gasteiger partial charge on any atom is 0.160 e. The van der Waals surface area contributed by atoms with Crippen LogP contribution in [-0.2, 0) is 5.41 Å². The highest BCUT2D eigenvalue weighted by molar-refractivity contribution is 7.26. The van der Waals surface area contributed by atoms with E-state index >= 15 is 0 Å². The maximum absolute atomic E-state index is 5.43. The summed E-state index contributed by atoms with van der Waals surface area (Å²) >= 11 is 1.86. The molecule has 3 heteroatoms. The third-order valence-corrected chi connectivity index (χ3v) is 13.8. The summed E-state index contributed by atoms with van der Waals surface area (Å²) in [5, 5.41) is 2.55. The van der Waals surface area contributed by atoms with E-state index < -0.39 is 5.41 Å². The molecule has 2 heterocycles. The largest absolute Gasteiger partial charge is 0.228 e. The summed E-state index contributed by atoms with van der Waals surface area (Å²) in [4.78, 5) is 10.8. The summed E-state index contributed by atoms with van der Waals surface area (Å²) in [5.41, 5.74) is 16.5. The Bertz CT molecular complexity index is 3410. The molecule has 0 bridgehead atoms. The van der Waals surface area contributed by atoms with Gasteiger partial charge in [0, 0.05) is 42.4 Å². The lowest BCUT2D eigenvalue weighted by atomic mass is 9.67. The number of aromatic nitrogens is 2. The van der Waals surface area contributed by atoms with Gasteiger partial charge in [-0.3, -0.25) is 0 Å². The van der Waals surface area contributed by atoms with Crippen molar-refractivity contribution in [3.8, 4) is 67.3 Å². The van der Waals surface area contributed by atoms with Gasteiger partial charge in [0.2, 0.25) is 0 Å². The molecule has 0 N–H and O–H groups in total. The van der Waals surface area contributed by atoms with Gasteiger partial charge in [0.15, 0.2) is 5.82 Å². The van der Waals surface area contributed by atoms with Crippen molar-refractivity contribution in [3.05, 3.63) is 253 Å². The van der Waals surface area contributed by atoms with E-state index in [0.29, 0.717) is 5.82 Å². The first kappa shape index (κ1) is 36.2. The molecule has 62 heavy (non-hydrogen) atoms. The van der Waals surface area contributed by atoms with Gasteiger partial charge in [-0.1, -0.05) is 206 Å². The lowest BCUT2D eigenvalue weighted by Crippen LogP contribution is -2.28. The molecule has 0 aliphatic heterocycles. The van der Waals surface area contributed by atoms with Gasteiger partial charge < -0.3 is 0 Å². The zero-order chi connectivity index (χ0) is 41.0. The summed E-state index contributed by atoms with van der Waals surface area (Å²) in [6, 6.07) is 83.4. The van der Waals surface area contributed by atoms with E-state index in [-0.39, 0.29) is 0 Å². The van der Waals surface area contributed by atoms with Crippen LogP contribution in [0.5, 0.6) is 0 Å². The molecule has 2 nitrogen and oxygen atoms in total. The highest BCUT2D eigenvalue weighted by atomic mass is 32.1. The monoisotopic (exact) mass is 806 g/mol. The fraction of sp³-hybridized carbons (Fsp3) is 0.0169. The standard InChI is InChI=1S/C59H38N2S/c1-5-18-39(19-6-1)41-32-35-47(51(36-41)50-29-17-28-49-48-27-14-16-31-56(48)62-57(49)50)55-38-54(60-58(61-55)40-20-7-2-8-21-40)42-33-34-46-45-26-13-15-30-52(45)59(53(46)37-42,43-22-9-3-10-23-43)44-24-11-4-12-25-44/h1-38H. The van der Waals surface area contributed by atoms with Crippen LogP contribution in [0.4, 0.5) is 0 Å². The van der Waals surface area contributed by atoms with E-state index in [9.17, 15) is 0 Å². The molecule has 0 radical (unpaired) electrons. The molecule has 0 spiro atoms. The molecule has 0 fully saturated rings. The summed E-state index contributed by atoms with van der Waals surface area (Å²) in [5.74, 6) is 0.692. The molecule has 0 saturated carbocycles. The number of rotatable bonds is 7. The average Bonchev–Trinajstić information content (AvgIpc) is 3.89. The van der Waals surface area contributed by atoms with Crippen LogP contribution in [0.15, 0.2) is 231 Å². The van der Waals surface area contributed by atoms with Crippen LogP contribution in [0.2, 0.25) is 0 Å². The fourth-order valence-electron chi connectivity index (χ4n) is 9.81. The van der Waals surface area contributed by atoms with E-state index in [4.69, 9.17) is 9.97 Å². The van der Waals surface area contributed by atoms with Crippen LogP contribution in [0, 0.1) is 0 Å². The molecule has 0 saturated heterocycles. The number of thiophene rings is 1. The van der Waals surface area contributed by atoms with Crippen LogP contribution < -0.4 is 0 Å². The van der Waals surface area contributed by atoms with Gasteiger partial charge in [0.1, 0.15) is 0 Å². The minimum Gasteiger partial charge on any atom is -0.228 e. The van der Waals surface area contributed by atoms with Crippen LogP contribution in [-0.4, -0.2) is 9.97 Å². The first-order valence-corrected chi connectivity index (χ1v) is 22.0. The van der Waals surface area contributed by atoms with Gasteiger partial charge in [-0.15, -0.1) is 11.3 Å². The molecular weight excluding hydrogens is 769 g/mol. The maximum atomic E-state index is 5.43. The first-order valence-electron chi connectivity index (χ1n) is 21.1. The number of nitrogens with zero attached hydrogens (tertiary/aromatic N) is 2. The third kappa shape index (κ3) is 5.78. The van der Waals surface area contributed by atoms with Crippen molar-refractivity contribution in [2.45, 2.75) is 5.41 Å². The van der Waals surface area contributed by atoms with Crippen molar-refractivity contribution in [1.29, 1.82) is 0 Å². The topological polar surface area (TPSA) is 25.8 Å². The quantitative estimate of drug-likeness (QED) is 0.160. The van der Waals surface area contributed by atoms with Crippen molar-refractivity contribution < 1.29 is 0 Å². The lowest BCUT2D eigenvalue weighted by Gasteiger charge is -2.34. The zero-order valence-corrected chi connectivity index (χ0v) is 34.6. The van der Waals surface area contributed by atoms with E-state index in [1.165, 1.54) is 64.7 Å². The minimum absolute atomic E-state index is 0.522. The molecule has 290 valence electrons. The van der Waals surface area contributed by atoms with Gasteiger partial charge in [0.05, 0.1) is 16.8 Å². The Hall–Kier alpha value is -7.72. The number of benzene rings is 9. The van der Waals surface area contributed by atoms with E-state index in [1.54, 1.807) is 0 Å². The summed E-state index contributed by atoms with van der Waals surface area (Å²) in [7, 11) is 0. The van der Waals surface area contributed by atoms with Crippen LogP contribution in [0.3, 0.4) is 0 Å². The SMILES string of the molecule is c1ccc(-c2ccc(-c3cc(-c4ccc5c(c4)C(c4ccccc4)(c4ccccc4)c4ccccc4-5)nc(-c4ccccc4)n3)c(-c3cccc4c3sc3ccccc34)c2)cc1. The Morgan fingerprint density at radius 2 is 0.887 bits per heavy atom. The van der Waals surface area contributed by atoms with Gasteiger partial charge in [-0.25, -0.2) is 9.97 Å². The second-order valence-corrected chi connectivity index (χ2v) is 17.1. The van der Waals surface area contributed by atoms with Crippen LogP contribution in [0.1, 0.15) is 22.3 Å². The number of fused-ring (bicyclic) bond motifs is 6. The van der Waals surface area contributed by atoms with E-state index in [2.05, 4.69) is 224 Å². The van der Waals surface area contributed by atoms with Crippen LogP contribution >= 0.6 is 11.3 Å². The Balaban J connectivity index is 1.11. The molecular formula is C59H38N2S. The molecule has 0 atom stereocenters. The molecule has 1 aliphatic carbocycles. The fourth-order valence-corrected chi connectivity index (χ4v) is 11.0. The van der Waals surface area contributed by atoms with E-state index in [1.807, 2.05) is 17.4 Å². The Labute approximate surface area is 365 Å². The summed E-state index contributed by atoms with van der Waals surface area (Å²) < 4.78 is 2.56. The highest BCUT2D eigenvalue weighted by Gasteiger charge is 2.46. The van der Waals surface area contributed by atoms with Gasteiger partial charge in [-0.2, -0.15) is 0 Å². The number of hydrogen-bond donors (Lipinski definition) is 0. The minimum atomic E-state index is -0.522. The van der Waals surface area contributed by atoms with Crippen molar-refractivity contribution in [2.24, 2.45) is 0 Å².